The Kier molecular flexibility index (Phi) is 11.4. The monoisotopic (exact) mass is 440 g/mol. The van der Waals surface area contributed by atoms with Crippen LogP contribution in [0.3, 0.4) is 0 Å². The van der Waals surface area contributed by atoms with Crippen molar-refractivity contribution in [3.05, 3.63) is 59.7 Å². The molecular formula is C27H36O5. The number of esters is 2. The van der Waals surface area contributed by atoms with Crippen molar-refractivity contribution >= 4 is 11.9 Å². The molecule has 2 aromatic rings. The van der Waals surface area contributed by atoms with Gasteiger partial charge in [0, 0.05) is 0 Å². The Balaban J connectivity index is 1.81. The highest BCUT2D eigenvalue weighted by Gasteiger charge is 2.13. The molecular weight excluding hydrogens is 404 g/mol. The fourth-order valence-corrected chi connectivity index (χ4v) is 3.22. The highest BCUT2D eigenvalue weighted by atomic mass is 16.5. The lowest BCUT2D eigenvalue weighted by molar-refractivity contribution is 0.0319. The lowest BCUT2D eigenvalue weighted by Gasteiger charge is -2.13. The third kappa shape index (κ3) is 9.13. The molecule has 0 fully saturated rings. The number of hydrogen-bond acceptors (Lipinski definition) is 5. The highest BCUT2D eigenvalue weighted by molar-refractivity contribution is 5.92. The number of hydrogen-bond donors (Lipinski definition) is 0. The Morgan fingerprint density at radius 1 is 0.719 bits per heavy atom. The zero-order chi connectivity index (χ0) is 23.2. The van der Waals surface area contributed by atoms with E-state index in [1.807, 2.05) is 6.92 Å². The van der Waals surface area contributed by atoms with Crippen LogP contribution in [0.1, 0.15) is 92.9 Å². The first-order valence-corrected chi connectivity index (χ1v) is 11.8. The van der Waals surface area contributed by atoms with Crippen molar-refractivity contribution < 1.29 is 23.8 Å². The highest BCUT2D eigenvalue weighted by Crippen LogP contribution is 2.18. The SMILES string of the molecule is CCCCCCOc1ccc(C(=O)Oc2ccc(C(=O)OC(C)CCCCC)cc2)cc1. The molecule has 0 radical (unpaired) electrons. The minimum atomic E-state index is -0.459. The largest absolute Gasteiger partial charge is 0.494 e. The second kappa shape index (κ2) is 14.3. The van der Waals surface area contributed by atoms with E-state index in [0.29, 0.717) is 23.5 Å². The van der Waals surface area contributed by atoms with E-state index in [1.54, 1.807) is 48.5 Å². The average molecular weight is 441 g/mol. The minimum absolute atomic E-state index is 0.116. The lowest BCUT2D eigenvalue weighted by atomic mass is 10.1. The smallest absolute Gasteiger partial charge is 0.343 e. The maximum atomic E-state index is 12.4. The van der Waals surface area contributed by atoms with E-state index in [2.05, 4.69) is 13.8 Å². The quantitative estimate of drug-likeness (QED) is 0.180. The molecule has 0 saturated heterocycles. The number of benzene rings is 2. The summed E-state index contributed by atoms with van der Waals surface area (Å²) in [7, 11) is 0. The van der Waals surface area contributed by atoms with Gasteiger partial charge in [-0.05, 0) is 74.7 Å². The fourth-order valence-electron chi connectivity index (χ4n) is 3.22. The van der Waals surface area contributed by atoms with Gasteiger partial charge in [0.1, 0.15) is 11.5 Å². The maximum Gasteiger partial charge on any atom is 0.343 e. The molecule has 0 heterocycles. The third-order valence-electron chi connectivity index (χ3n) is 5.18. The van der Waals surface area contributed by atoms with E-state index < -0.39 is 5.97 Å². The van der Waals surface area contributed by atoms with Crippen molar-refractivity contribution in [2.45, 2.75) is 78.2 Å². The van der Waals surface area contributed by atoms with Gasteiger partial charge in [0.25, 0.3) is 0 Å². The average Bonchev–Trinajstić information content (AvgIpc) is 2.80. The summed E-state index contributed by atoms with van der Waals surface area (Å²) in [5.41, 5.74) is 0.875. The second-order valence-electron chi connectivity index (χ2n) is 8.06. The van der Waals surface area contributed by atoms with E-state index in [4.69, 9.17) is 14.2 Å². The van der Waals surface area contributed by atoms with Gasteiger partial charge < -0.3 is 14.2 Å². The van der Waals surface area contributed by atoms with E-state index in [9.17, 15) is 9.59 Å². The molecule has 0 aliphatic heterocycles. The zero-order valence-electron chi connectivity index (χ0n) is 19.6. The van der Waals surface area contributed by atoms with Crippen LogP contribution in [-0.4, -0.2) is 24.6 Å². The molecule has 5 heteroatoms. The van der Waals surface area contributed by atoms with Crippen molar-refractivity contribution in [3.63, 3.8) is 0 Å². The van der Waals surface area contributed by atoms with E-state index in [1.165, 1.54) is 12.8 Å². The van der Waals surface area contributed by atoms with Crippen LogP contribution in [0.25, 0.3) is 0 Å². The second-order valence-corrected chi connectivity index (χ2v) is 8.06. The first kappa shape index (κ1) is 25.4. The number of carbonyl (C=O) groups excluding carboxylic acids is 2. The topological polar surface area (TPSA) is 61.8 Å². The Bertz CT molecular complexity index is 811. The Morgan fingerprint density at radius 3 is 1.91 bits per heavy atom. The summed E-state index contributed by atoms with van der Waals surface area (Å²) in [4.78, 5) is 24.7. The minimum Gasteiger partial charge on any atom is -0.494 e. The van der Waals surface area contributed by atoms with Gasteiger partial charge in [-0.15, -0.1) is 0 Å². The summed E-state index contributed by atoms with van der Waals surface area (Å²) in [6.07, 6.45) is 8.67. The lowest BCUT2D eigenvalue weighted by Crippen LogP contribution is -2.15. The molecule has 0 aliphatic carbocycles. The molecule has 0 aromatic heterocycles. The molecule has 5 nitrogen and oxygen atoms in total. The summed E-state index contributed by atoms with van der Waals surface area (Å²) in [5, 5.41) is 0. The molecule has 0 amide bonds. The molecule has 174 valence electrons. The molecule has 1 atom stereocenters. The molecule has 1 unspecified atom stereocenters. The molecule has 0 spiro atoms. The van der Waals surface area contributed by atoms with Gasteiger partial charge in [0.2, 0.25) is 0 Å². The number of carbonyl (C=O) groups is 2. The molecule has 0 saturated carbocycles. The van der Waals surface area contributed by atoms with Crippen LogP contribution in [0, 0.1) is 0 Å². The van der Waals surface area contributed by atoms with Crippen molar-refractivity contribution in [1.29, 1.82) is 0 Å². The number of rotatable bonds is 14. The van der Waals surface area contributed by atoms with Gasteiger partial charge >= 0.3 is 11.9 Å². The molecule has 0 N–H and O–H groups in total. The van der Waals surface area contributed by atoms with E-state index >= 15 is 0 Å². The third-order valence-corrected chi connectivity index (χ3v) is 5.18. The zero-order valence-corrected chi connectivity index (χ0v) is 19.6. The van der Waals surface area contributed by atoms with E-state index in [-0.39, 0.29) is 12.1 Å². The molecule has 2 rings (SSSR count). The van der Waals surface area contributed by atoms with Gasteiger partial charge in [-0.25, -0.2) is 9.59 Å². The van der Waals surface area contributed by atoms with Crippen LogP contribution < -0.4 is 9.47 Å². The predicted octanol–water partition coefficient (Wildman–Crippen LogP) is 6.99. The van der Waals surface area contributed by atoms with Gasteiger partial charge in [-0.1, -0.05) is 46.0 Å². The van der Waals surface area contributed by atoms with Gasteiger partial charge in [0.15, 0.2) is 0 Å². The first-order valence-electron chi connectivity index (χ1n) is 11.8. The van der Waals surface area contributed by atoms with Crippen LogP contribution in [-0.2, 0) is 4.74 Å². The molecule has 0 bridgehead atoms. The summed E-state index contributed by atoms with van der Waals surface area (Å²) in [5.74, 6) is 0.292. The van der Waals surface area contributed by atoms with Crippen molar-refractivity contribution in [2.75, 3.05) is 6.61 Å². The molecule has 0 aliphatic rings. The van der Waals surface area contributed by atoms with Gasteiger partial charge in [-0.3, -0.25) is 0 Å². The van der Waals surface area contributed by atoms with Crippen LogP contribution >= 0.6 is 0 Å². The fraction of sp³-hybridized carbons (Fsp3) is 0.481. The first-order chi connectivity index (χ1) is 15.5. The predicted molar refractivity (Wildman–Crippen MR) is 126 cm³/mol. The van der Waals surface area contributed by atoms with Crippen LogP contribution in [0.15, 0.2) is 48.5 Å². The van der Waals surface area contributed by atoms with Gasteiger partial charge in [0.05, 0.1) is 23.8 Å². The van der Waals surface area contributed by atoms with E-state index in [0.717, 1.165) is 44.3 Å². The van der Waals surface area contributed by atoms with Crippen molar-refractivity contribution in [3.8, 4) is 11.5 Å². The number of unbranched alkanes of at least 4 members (excludes halogenated alkanes) is 5. The van der Waals surface area contributed by atoms with Crippen LogP contribution in [0.5, 0.6) is 11.5 Å². The standard InChI is InChI=1S/C27H36O5/c1-4-6-8-10-20-30-24-16-12-23(13-17-24)27(29)32-25-18-14-22(15-19-25)26(28)31-21(3)11-9-7-5-2/h12-19,21H,4-11,20H2,1-3H3. The maximum absolute atomic E-state index is 12.4. The Labute approximate surface area is 192 Å². The van der Waals surface area contributed by atoms with Crippen molar-refractivity contribution in [2.24, 2.45) is 0 Å². The summed E-state index contributed by atoms with van der Waals surface area (Å²) < 4.78 is 16.6. The molecule has 2 aromatic carbocycles. The number of ether oxygens (including phenoxy) is 3. The van der Waals surface area contributed by atoms with Crippen LogP contribution in [0.4, 0.5) is 0 Å². The molecule has 32 heavy (non-hydrogen) atoms. The summed E-state index contributed by atoms with van der Waals surface area (Å²) >= 11 is 0. The Morgan fingerprint density at radius 2 is 1.28 bits per heavy atom. The van der Waals surface area contributed by atoms with Crippen molar-refractivity contribution in [1.82, 2.24) is 0 Å². The summed E-state index contributed by atoms with van der Waals surface area (Å²) in [6.45, 7) is 6.91. The van der Waals surface area contributed by atoms with Gasteiger partial charge in [-0.2, -0.15) is 0 Å². The van der Waals surface area contributed by atoms with Crippen LogP contribution in [0.2, 0.25) is 0 Å². The Hall–Kier alpha value is -2.82. The normalized spacial score (nSPS) is 11.6. The summed E-state index contributed by atoms with van der Waals surface area (Å²) in [6, 6.07) is 13.4.